The monoisotopic (exact) mass is 255 g/mol. The maximum atomic E-state index is 9.45. The van der Waals surface area contributed by atoms with E-state index in [4.69, 9.17) is 16.3 Å². The summed E-state index contributed by atoms with van der Waals surface area (Å²) in [5.74, 6) is 0.688. The average molecular weight is 256 g/mol. The number of nitrogens with one attached hydrogen (secondary N) is 1. The Hall–Kier alpha value is -0.930. The van der Waals surface area contributed by atoms with Crippen LogP contribution in [0.1, 0.15) is 25.7 Å². The van der Waals surface area contributed by atoms with Crippen molar-refractivity contribution in [2.75, 3.05) is 12.4 Å². The molecule has 1 aromatic carbocycles. The Kier molecular flexibility index (Phi) is 4.13. The molecular formula is C13H18ClNO2. The molecular weight excluding hydrogens is 238 g/mol. The number of rotatable bonds is 3. The van der Waals surface area contributed by atoms with Gasteiger partial charge in [0.1, 0.15) is 5.75 Å². The number of halogens is 1. The predicted octanol–water partition coefficient (Wildman–Crippen LogP) is 3.06. The molecule has 0 unspecified atom stereocenters. The van der Waals surface area contributed by atoms with Gasteiger partial charge in [0.05, 0.1) is 18.2 Å². The number of aliphatic hydroxyl groups is 1. The molecule has 0 saturated heterocycles. The fourth-order valence-corrected chi connectivity index (χ4v) is 2.40. The molecule has 1 fully saturated rings. The van der Waals surface area contributed by atoms with E-state index in [-0.39, 0.29) is 6.10 Å². The number of methoxy groups -OCH3 is 1. The van der Waals surface area contributed by atoms with Crippen molar-refractivity contribution < 1.29 is 9.84 Å². The van der Waals surface area contributed by atoms with Crippen LogP contribution in [-0.2, 0) is 0 Å². The first-order valence-corrected chi connectivity index (χ1v) is 6.35. The van der Waals surface area contributed by atoms with Crippen molar-refractivity contribution >= 4 is 17.3 Å². The van der Waals surface area contributed by atoms with E-state index in [0.29, 0.717) is 16.8 Å². The fourth-order valence-electron chi connectivity index (χ4n) is 2.21. The number of aliphatic hydroxyl groups excluding tert-OH is 1. The van der Waals surface area contributed by atoms with Gasteiger partial charge in [-0.3, -0.25) is 0 Å². The molecule has 1 aliphatic rings. The van der Waals surface area contributed by atoms with Gasteiger partial charge in [-0.05, 0) is 37.8 Å². The van der Waals surface area contributed by atoms with Gasteiger partial charge >= 0.3 is 0 Å². The van der Waals surface area contributed by atoms with Gasteiger partial charge in [0.15, 0.2) is 0 Å². The summed E-state index contributed by atoms with van der Waals surface area (Å²) in [6.07, 6.45) is 3.65. The molecule has 1 saturated carbocycles. The topological polar surface area (TPSA) is 41.5 Å². The Balaban J connectivity index is 1.99. The molecule has 94 valence electrons. The highest BCUT2D eigenvalue weighted by molar-refractivity contribution is 6.32. The fraction of sp³-hybridized carbons (Fsp3) is 0.538. The van der Waals surface area contributed by atoms with Crippen LogP contribution in [0, 0.1) is 0 Å². The minimum atomic E-state index is -0.118. The Labute approximate surface area is 107 Å². The molecule has 0 radical (unpaired) electrons. The maximum Gasteiger partial charge on any atom is 0.139 e. The second-order valence-corrected chi connectivity index (χ2v) is 4.91. The van der Waals surface area contributed by atoms with Crippen LogP contribution >= 0.6 is 11.6 Å². The van der Waals surface area contributed by atoms with Gasteiger partial charge in [-0.15, -0.1) is 0 Å². The Morgan fingerprint density at radius 1 is 1.29 bits per heavy atom. The Morgan fingerprint density at radius 2 is 2.00 bits per heavy atom. The minimum Gasteiger partial charge on any atom is -0.495 e. The van der Waals surface area contributed by atoms with E-state index in [1.165, 1.54) is 0 Å². The van der Waals surface area contributed by atoms with E-state index in [9.17, 15) is 5.11 Å². The van der Waals surface area contributed by atoms with E-state index in [0.717, 1.165) is 31.4 Å². The first kappa shape index (κ1) is 12.5. The molecule has 1 aliphatic carbocycles. The summed E-state index contributed by atoms with van der Waals surface area (Å²) in [5.41, 5.74) is 1.02. The molecule has 3 nitrogen and oxygen atoms in total. The zero-order valence-electron chi connectivity index (χ0n) is 9.95. The predicted molar refractivity (Wildman–Crippen MR) is 69.9 cm³/mol. The van der Waals surface area contributed by atoms with E-state index in [1.54, 1.807) is 7.11 Å². The molecule has 4 heteroatoms. The normalized spacial score (nSPS) is 24.4. The van der Waals surface area contributed by atoms with Crippen molar-refractivity contribution in [1.82, 2.24) is 0 Å². The van der Waals surface area contributed by atoms with Gasteiger partial charge in [-0.1, -0.05) is 11.6 Å². The second kappa shape index (κ2) is 5.61. The van der Waals surface area contributed by atoms with Crippen molar-refractivity contribution in [2.45, 2.75) is 37.8 Å². The van der Waals surface area contributed by atoms with Gasteiger partial charge in [-0.2, -0.15) is 0 Å². The molecule has 0 atom stereocenters. The van der Waals surface area contributed by atoms with Gasteiger partial charge in [0.2, 0.25) is 0 Å². The van der Waals surface area contributed by atoms with Crippen LogP contribution in [0.4, 0.5) is 5.69 Å². The summed E-state index contributed by atoms with van der Waals surface area (Å²) in [4.78, 5) is 0. The summed E-state index contributed by atoms with van der Waals surface area (Å²) < 4.78 is 5.18. The number of ether oxygens (including phenoxy) is 1. The standard InChI is InChI=1S/C13H18ClNO2/c1-17-13-8-10(4-7-12(13)14)15-9-2-5-11(16)6-3-9/h4,7-9,11,15-16H,2-3,5-6H2,1H3. The van der Waals surface area contributed by atoms with Crippen LogP contribution in [0.3, 0.4) is 0 Å². The lowest BCUT2D eigenvalue weighted by Crippen LogP contribution is -2.28. The van der Waals surface area contributed by atoms with E-state index in [2.05, 4.69) is 5.32 Å². The van der Waals surface area contributed by atoms with Gasteiger partial charge in [-0.25, -0.2) is 0 Å². The highest BCUT2D eigenvalue weighted by Crippen LogP contribution is 2.29. The lowest BCUT2D eigenvalue weighted by molar-refractivity contribution is 0.126. The minimum absolute atomic E-state index is 0.118. The van der Waals surface area contributed by atoms with E-state index >= 15 is 0 Å². The second-order valence-electron chi connectivity index (χ2n) is 4.50. The van der Waals surface area contributed by atoms with Gasteiger partial charge < -0.3 is 15.2 Å². The summed E-state index contributed by atoms with van der Waals surface area (Å²) in [6, 6.07) is 6.13. The zero-order chi connectivity index (χ0) is 12.3. The molecule has 2 rings (SSSR count). The number of hydrogen-bond donors (Lipinski definition) is 2. The van der Waals surface area contributed by atoms with Crippen molar-refractivity contribution in [1.29, 1.82) is 0 Å². The average Bonchev–Trinajstić information content (AvgIpc) is 2.34. The largest absolute Gasteiger partial charge is 0.495 e. The van der Waals surface area contributed by atoms with Crippen LogP contribution in [0.15, 0.2) is 18.2 Å². The van der Waals surface area contributed by atoms with Gasteiger partial charge in [0, 0.05) is 17.8 Å². The zero-order valence-corrected chi connectivity index (χ0v) is 10.7. The number of benzene rings is 1. The summed E-state index contributed by atoms with van der Waals surface area (Å²) >= 11 is 5.97. The first-order chi connectivity index (χ1) is 8.19. The lowest BCUT2D eigenvalue weighted by Gasteiger charge is -2.27. The highest BCUT2D eigenvalue weighted by Gasteiger charge is 2.19. The summed E-state index contributed by atoms with van der Waals surface area (Å²) in [7, 11) is 1.61. The van der Waals surface area contributed by atoms with Crippen LogP contribution in [0.2, 0.25) is 5.02 Å². The molecule has 0 bridgehead atoms. The van der Waals surface area contributed by atoms with Crippen molar-refractivity contribution in [2.24, 2.45) is 0 Å². The molecule has 0 heterocycles. The molecule has 0 aromatic heterocycles. The quantitative estimate of drug-likeness (QED) is 0.872. The molecule has 0 aliphatic heterocycles. The van der Waals surface area contributed by atoms with Crippen LogP contribution < -0.4 is 10.1 Å². The van der Waals surface area contributed by atoms with Crippen LogP contribution in [0.5, 0.6) is 5.75 Å². The Bertz CT molecular complexity index is 376. The molecule has 0 spiro atoms. The third-order valence-corrected chi connectivity index (χ3v) is 3.53. The third-order valence-electron chi connectivity index (χ3n) is 3.22. The smallest absolute Gasteiger partial charge is 0.139 e. The van der Waals surface area contributed by atoms with Crippen molar-refractivity contribution in [3.05, 3.63) is 23.2 Å². The summed E-state index contributed by atoms with van der Waals surface area (Å²) in [6.45, 7) is 0. The Morgan fingerprint density at radius 3 is 2.65 bits per heavy atom. The SMILES string of the molecule is COc1cc(NC2CCC(O)CC2)ccc1Cl. The van der Waals surface area contributed by atoms with Crippen LogP contribution in [0.25, 0.3) is 0 Å². The van der Waals surface area contributed by atoms with E-state index < -0.39 is 0 Å². The number of anilines is 1. The highest BCUT2D eigenvalue weighted by atomic mass is 35.5. The molecule has 0 amide bonds. The lowest BCUT2D eigenvalue weighted by atomic mass is 9.93. The van der Waals surface area contributed by atoms with E-state index in [1.807, 2.05) is 18.2 Å². The summed E-state index contributed by atoms with van der Waals surface area (Å²) in [5, 5.41) is 13.5. The van der Waals surface area contributed by atoms with Gasteiger partial charge in [0.25, 0.3) is 0 Å². The van der Waals surface area contributed by atoms with Crippen LogP contribution in [-0.4, -0.2) is 24.4 Å². The molecule has 17 heavy (non-hydrogen) atoms. The number of hydrogen-bond acceptors (Lipinski definition) is 3. The molecule has 1 aromatic rings. The first-order valence-electron chi connectivity index (χ1n) is 5.97. The molecule has 2 N–H and O–H groups in total. The third kappa shape index (κ3) is 3.27. The van der Waals surface area contributed by atoms with Crippen molar-refractivity contribution in [3.8, 4) is 5.75 Å². The maximum absolute atomic E-state index is 9.45. The van der Waals surface area contributed by atoms with Crippen molar-refractivity contribution in [3.63, 3.8) is 0 Å².